The number of fused-ring (bicyclic) bond motifs is 3. The third-order valence-electron chi connectivity index (χ3n) is 10.5. The van der Waals surface area contributed by atoms with Gasteiger partial charge in [0.2, 0.25) is 27.7 Å². The van der Waals surface area contributed by atoms with Crippen molar-refractivity contribution in [3.05, 3.63) is 66.4 Å². The number of benzene rings is 1. The molecule has 1 aromatic carbocycles. The lowest BCUT2D eigenvalue weighted by Crippen LogP contribution is -2.46. The molecular weight excluding hydrogens is 699 g/mol. The van der Waals surface area contributed by atoms with Crippen LogP contribution in [0.4, 0.5) is 0 Å². The number of amides is 2. The predicted octanol–water partition coefficient (Wildman–Crippen LogP) is 5.02. The highest BCUT2D eigenvalue weighted by Gasteiger charge is 2.61. The summed E-state index contributed by atoms with van der Waals surface area (Å²) in [6.45, 7) is 7.53. The van der Waals surface area contributed by atoms with E-state index in [1.807, 2.05) is 36.4 Å². The lowest BCUT2D eigenvalue weighted by molar-refractivity contribution is -0.150. The average Bonchev–Trinajstić information content (AvgIpc) is 4.04. The van der Waals surface area contributed by atoms with E-state index in [-0.39, 0.29) is 57.5 Å². The molecule has 0 radical (unpaired) electrons. The number of ether oxygens (including phenoxy) is 2. The number of esters is 1. The lowest BCUT2D eigenvalue weighted by Gasteiger charge is -2.28. The first-order valence-electron chi connectivity index (χ1n) is 18.4. The number of cyclic esters (lactones) is 1. The summed E-state index contributed by atoms with van der Waals surface area (Å²) < 4.78 is 39.6. The fourth-order valence-electron chi connectivity index (χ4n) is 7.38. The van der Waals surface area contributed by atoms with Crippen molar-refractivity contribution >= 4 is 56.2 Å². The number of carbonyl (C=O) groups excluding carboxylic acids is 5. The number of pyridine rings is 1. The summed E-state index contributed by atoms with van der Waals surface area (Å²) in [5.41, 5.74) is 0.408. The van der Waals surface area contributed by atoms with Crippen LogP contribution < -0.4 is 9.46 Å². The smallest absolute Gasteiger partial charge is 0.306 e. The molecule has 0 unspecified atom stereocenters. The number of ketones is 2. The number of aromatic nitrogens is 1. The van der Waals surface area contributed by atoms with Crippen LogP contribution in [0.5, 0.6) is 5.88 Å². The monoisotopic (exact) mass is 745 g/mol. The highest BCUT2D eigenvalue weighted by atomic mass is 32.2. The van der Waals surface area contributed by atoms with E-state index in [1.54, 1.807) is 26.1 Å². The quantitative estimate of drug-likeness (QED) is 0.188. The molecule has 2 aliphatic carbocycles. The summed E-state index contributed by atoms with van der Waals surface area (Å²) in [5.74, 6) is -3.50. The molecule has 3 fully saturated rings. The Labute approximate surface area is 310 Å². The molecule has 4 bridgehead atoms. The van der Waals surface area contributed by atoms with E-state index in [0.29, 0.717) is 31.6 Å². The van der Waals surface area contributed by atoms with E-state index in [2.05, 4.69) is 16.3 Å². The number of nitrogens with zero attached hydrogens (tertiary/aromatic N) is 2. The van der Waals surface area contributed by atoms with Crippen molar-refractivity contribution in [3.8, 4) is 5.88 Å². The predicted molar refractivity (Wildman–Crippen MR) is 198 cm³/mol. The van der Waals surface area contributed by atoms with Gasteiger partial charge in [0.05, 0.1) is 36.3 Å². The zero-order valence-corrected chi connectivity index (χ0v) is 31.1. The zero-order chi connectivity index (χ0) is 37.9. The minimum atomic E-state index is -3.87. The Morgan fingerprint density at radius 3 is 2.66 bits per heavy atom. The average molecular weight is 746 g/mol. The zero-order valence-electron chi connectivity index (χ0n) is 30.3. The molecule has 282 valence electrons. The molecule has 13 heteroatoms. The number of hydrogen-bond donors (Lipinski definition) is 1. The summed E-state index contributed by atoms with van der Waals surface area (Å²) in [6.07, 6.45) is 9.90. The molecule has 12 nitrogen and oxygen atoms in total. The molecule has 0 spiro atoms. The standard InChI is InChI=1S/C40H47N3O9S/c1-4-29-22-40(29,39(48)42-53(49,50)32-13-14-32)23-35(45)34-21-31-24-43(34)38(47)28(11-12-30(44)18-25(2)3)20-36(46)51-17-7-5-6-8-26-9-10-27-15-16-41-37(52-31)33(27)19-26/h4,6,8-10,15-16,18-19,28-29,31-32,34H,1,5,7,11-14,17,20-24H2,2-3H3,(H,42,48)/b8-6+/t28-,29+,31-,34+,40-/m1/s1. The van der Waals surface area contributed by atoms with Crippen molar-refractivity contribution < 1.29 is 41.9 Å². The number of allylic oxidation sites excluding steroid dienone is 4. The normalized spacial score (nSPS) is 26.8. The molecule has 5 atom stereocenters. The molecule has 1 N–H and O–H groups in total. The van der Waals surface area contributed by atoms with E-state index >= 15 is 0 Å². The second-order valence-corrected chi connectivity index (χ2v) is 17.0. The molecule has 2 amide bonds. The molecule has 2 aliphatic heterocycles. The van der Waals surface area contributed by atoms with Crippen molar-refractivity contribution in [3.63, 3.8) is 0 Å². The van der Waals surface area contributed by atoms with Crippen LogP contribution in [0, 0.1) is 17.3 Å². The maximum atomic E-state index is 14.5. The van der Waals surface area contributed by atoms with Gasteiger partial charge in [-0.15, -0.1) is 6.58 Å². The lowest BCUT2D eigenvalue weighted by atomic mass is 9.90. The molecule has 2 saturated carbocycles. The van der Waals surface area contributed by atoms with Crippen LogP contribution in [0.1, 0.15) is 83.6 Å². The second kappa shape index (κ2) is 15.8. The molecule has 1 saturated heterocycles. The fourth-order valence-corrected chi connectivity index (χ4v) is 8.76. The van der Waals surface area contributed by atoms with Gasteiger partial charge in [0.15, 0.2) is 11.6 Å². The number of Topliss-reactive ketones (excluding diaryl/α,β-unsaturated/α-hetero) is 1. The number of nitrogens with one attached hydrogen (secondary N) is 1. The maximum Gasteiger partial charge on any atom is 0.306 e. The summed E-state index contributed by atoms with van der Waals surface area (Å²) in [4.78, 5) is 74.1. The Morgan fingerprint density at radius 1 is 1.15 bits per heavy atom. The number of hydrogen-bond acceptors (Lipinski definition) is 10. The summed E-state index contributed by atoms with van der Waals surface area (Å²) in [7, 11) is -3.87. The SMILES string of the molecule is C=C[C@H]1C[C@]1(CC(=O)[C@@H]1C[C@@H]2CN1C(=O)[C@H](CCC(=O)C=C(C)C)CC(=O)OCCC/C=C/c1ccc3ccnc(c3c1)O2)C(=O)NS(=O)(=O)C1CC1. The van der Waals surface area contributed by atoms with Crippen LogP contribution >= 0.6 is 0 Å². The highest BCUT2D eigenvalue weighted by molar-refractivity contribution is 7.90. The van der Waals surface area contributed by atoms with E-state index in [4.69, 9.17) is 9.47 Å². The second-order valence-electron chi connectivity index (χ2n) is 15.0. The topological polar surface area (TPSA) is 166 Å². The summed E-state index contributed by atoms with van der Waals surface area (Å²) in [5, 5.41) is 1.03. The van der Waals surface area contributed by atoms with Crippen LogP contribution in [0.3, 0.4) is 0 Å². The molecule has 53 heavy (non-hydrogen) atoms. The fraction of sp³-hybridized carbons (Fsp3) is 0.500. The van der Waals surface area contributed by atoms with E-state index in [9.17, 15) is 32.4 Å². The Kier molecular flexibility index (Phi) is 11.3. The third kappa shape index (κ3) is 8.94. The van der Waals surface area contributed by atoms with Crippen molar-refractivity contribution in [2.45, 2.75) is 95.5 Å². The Morgan fingerprint density at radius 2 is 1.94 bits per heavy atom. The van der Waals surface area contributed by atoms with E-state index in [1.165, 1.54) is 11.0 Å². The maximum absolute atomic E-state index is 14.5. The molecular formula is C40H47N3O9S. The van der Waals surface area contributed by atoms with Gasteiger partial charge in [-0.2, -0.15) is 0 Å². The first-order valence-corrected chi connectivity index (χ1v) is 19.9. The molecule has 6 rings (SSSR count). The Balaban J connectivity index is 1.32. The molecule has 2 aromatic rings. The number of rotatable bonds is 11. The van der Waals surface area contributed by atoms with Crippen LogP contribution in [-0.4, -0.2) is 78.2 Å². The Bertz CT molecular complexity index is 1980. The van der Waals surface area contributed by atoms with Crippen LogP contribution in [-0.2, 0) is 38.7 Å². The number of carbonyl (C=O) groups is 5. The van der Waals surface area contributed by atoms with Gasteiger partial charge in [-0.25, -0.2) is 13.4 Å². The van der Waals surface area contributed by atoms with E-state index in [0.717, 1.165) is 21.9 Å². The molecule has 1 aromatic heterocycles. The third-order valence-corrected chi connectivity index (χ3v) is 12.4. The van der Waals surface area contributed by atoms with Crippen LogP contribution in [0.2, 0.25) is 0 Å². The van der Waals surface area contributed by atoms with E-state index < -0.39 is 68.2 Å². The van der Waals surface area contributed by atoms with Crippen molar-refractivity contribution in [1.29, 1.82) is 0 Å². The highest BCUT2D eigenvalue weighted by Crippen LogP contribution is 2.57. The van der Waals surface area contributed by atoms with Gasteiger partial charge >= 0.3 is 5.97 Å². The molecule has 4 aliphatic rings. The van der Waals surface area contributed by atoms with Crippen LogP contribution in [0.25, 0.3) is 16.8 Å². The minimum absolute atomic E-state index is 0.00800. The molecule has 3 heterocycles. The van der Waals surface area contributed by atoms with Crippen molar-refractivity contribution in [2.24, 2.45) is 17.3 Å². The minimum Gasteiger partial charge on any atom is -0.472 e. The van der Waals surface area contributed by atoms with Crippen molar-refractivity contribution in [2.75, 3.05) is 13.2 Å². The van der Waals surface area contributed by atoms with Gasteiger partial charge in [-0.3, -0.25) is 28.7 Å². The summed E-state index contributed by atoms with van der Waals surface area (Å²) >= 11 is 0. The van der Waals surface area contributed by atoms with Gasteiger partial charge in [-0.1, -0.05) is 35.9 Å². The van der Waals surface area contributed by atoms with Gasteiger partial charge in [0, 0.05) is 36.8 Å². The van der Waals surface area contributed by atoms with Gasteiger partial charge in [0.1, 0.15) is 6.10 Å². The first kappa shape index (κ1) is 38.1. The van der Waals surface area contributed by atoms with Gasteiger partial charge in [0.25, 0.3) is 0 Å². The van der Waals surface area contributed by atoms with Crippen LogP contribution in [0.15, 0.2) is 60.8 Å². The Hall–Kier alpha value is -4.65. The van der Waals surface area contributed by atoms with Gasteiger partial charge < -0.3 is 14.4 Å². The van der Waals surface area contributed by atoms with Crippen molar-refractivity contribution in [1.82, 2.24) is 14.6 Å². The number of sulfonamides is 1. The van der Waals surface area contributed by atoms with Gasteiger partial charge in [-0.05, 0) is 87.4 Å². The largest absolute Gasteiger partial charge is 0.472 e. The summed E-state index contributed by atoms with van der Waals surface area (Å²) in [6, 6.07) is 6.71. The first-order chi connectivity index (χ1) is 25.3.